The Bertz CT molecular complexity index is 1660. The molecule has 0 radical (unpaired) electrons. The number of anilines is 1. The van der Waals surface area contributed by atoms with Gasteiger partial charge in [-0.3, -0.25) is 13.9 Å². The zero-order chi connectivity index (χ0) is 32.6. The number of carbonyl (C=O) groups is 2. The topological polar surface area (TPSA) is 86.8 Å². The van der Waals surface area contributed by atoms with Crippen LogP contribution in [0.4, 0.5) is 5.69 Å². The SMILES string of the molecule is CC(C)NC(=O)C(Cc1ccccc1)N(Cc1ccc(Br)cc1)C(=O)CN(c1ccc(C(C)C)cc1)S(=O)(=O)c1ccccc1. The quantitative estimate of drug-likeness (QED) is 0.165. The lowest BCUT2D eigenvalue weighted by atomic mass is 10.0. The third kappa shape index (κ3) is 9.05. The van der Waals surface area contributed by atoms with Crippen LogP contribution in [0.5, 0.6) is 0 Å². The Morgan fingerprint density at radius 2 is 1.33 bits per heavy atom. The molecule has 2 amide bonds. The summed E-state index contributed by atoms with van der Waals surface area (Å²) >= 11 is 3.46. The Morgan fingerprint density at radius 3 is 1.89 bits per heavy atom. The van der Waals surface area contributed by atoms with E-state index in [0.717, 1.165) is 25.5 Å². The summed E-state index contributed by atoms with van der Waals surface area (Å²) in [4.78, 5) is 29.9. The minimum absolute atomic E-state index is 0.0728. The van der Waals surface area contributed by atoms with E-state index in [1.807, 2.05) is 80.6 Å². The van der Waals surface area contributed by atoms with Crippen LogP contribution in [0.3, 0.4) is 0 Å². The first-order valence-corrected chi connectivity index (χ1v) is 17.2. The van der Waals surface area contributed by atoms with Gasteiger partial charge in [0.15, 0.2) is 0 Å². The van der Waals surface area contributed by atoms with Crippen molar-refractivity contribution in [2.45, 2.75) is 63.6 Å². The van der Waals surface area contributed by atoms with Gasteiger partial charge in [-0.15, -0.1) is 0 Å². The van der Waals surface area contributed by atoms with Gasteiger partial charge in [0.2, 0.25) is 11.8 Å². The molecule has 4 aromatic rings. The van der Waals surface area contributed by atoms with Crippen molar-refractivity contribution in [2.24, 2.45) is 0 Å². The Hall–Kier alpha value is -3.95. The average Bonchev–Trinajstić information content (AvgIpc) is 3.03. The summed E-state index contributed by atoms with van der Waals surface area (Å²) in [6, 6.07) is 31.3. The second kappa shape index (κ2) is 15.4. The van der Waals surface area contributed by atoms with E-state index in [4.69, 9.17) is 0 Å². The lowest BCUT2D eigenvalue weighted by Crippen LogP contribution is -2.54. The summed E-state index contributed by atoms with van der Waals surface area (Å²) in [6.07, 6.45) is 0.260. The highest BCUT2D eigenvalue weighted by molar-refractivity contribution is 9.10. The van der Waals surface area contributed by atoms with Gasteiger partial charge in [-0.1, -0.05) is 103 Å². The van der Waals surface area contributed by atoms with E-state index in [1.165, 1.54) is 17.0 Å². The Kier molecular flexibility index (Phi) is 11.6. The maximum absolute atomic E-state index is 14.5. The normalized spacial score (nSPS) is 12.2. The lowest BCUT2D eigenvalue weighted by molar-refractivity contribution is -0.140. The first-order chi connectivity index (χ1) is 21.5. The predicted octanol–water partition coefficient (Wildman–Crippen LogP) is 6.93. The summed E-state index contributed by atoms with van der Waals surface area (Å²) in [5.74, 6) is -0.553. The molecular weight excluding hydrogens is 650 g/mol. The van der Waals surface area contributed by atoms with Crippen LogP contribution in [0.25, 0.3) is 0 Å². The minimum atomic E-state index is -4.14. The summed E-state index contributed by atoms with van der Waals surface area (Å²) < 4.78 is 30.3. The van der Waals surface area contributed by atoms with Crippen LogP contribution in [0.1, 0.15) is 50.3 Å². The fourth-order valence-corrected chi connectivity index (χ4v) is 6.69. The van der Waals surface area contributed by atoms with Crippen molar-refractivity contribution in [3.05, 3.63) is 130 Å². The second-order valence-corrected chi connectivity index (χ2v) is 14.4. The van der Waals surface area contributed by atoms with Gasteiger partial charge in [0.25, 0.3) is 10.0 Å². The molecule has 4 aromatic carbocycles. The van der Waals surface area contributed by atoms with Gasteiger partial charge in [-0.25, -0.2) is 8.42 Å². The molecule has 0 aliphatic rings. The van der Waals surface area contributed by atoms with E-state index < -0.39 is 28.5 Å². The van der Waals surface area contributed by atoms with E-state index in [2.05, 4.69) is 35.1 Å². The third-order valence-electron chi connectivity index (χ3n) is 7.43. The molecule has 0 aliphatic heterocycles. The molecule has 9 heteroatoms. The molecule has 1 atom stereocenters. The van der Waals surface area contributed by atoms with E-state index in [1.54, 1.807) is 30.3 Å². The number of nitrogens with zero attached hydrogens (tertiary/aromatic N) is 2. The number of benzene rings is 4. The van der Waals surface area contributed by atoms with Crippen LogP contribution in [-0.2, 0) is 32.6 Å². The Balaban J connectivity index is 1.80. The van der Waals surface area contributed by atoms with Crippen molar-refractivity contribution in [1.82, 2.24) is 10.2 Å². The molecule has 236 valence electrons. The highest BCUT2D eigenvalue weighted by atomic mass is 79.9. The number of hydrogen-bond acceptors (Lipinski definition) is 4. The largest absolute Gasteiger partial charge is 0.352 e. The summed E-state index contributed by atoms with van der Waals surface area (Å²) in [7, 11) is -4.14. The van der Waals surface area contributed by atoms with E-state index in [0.29, 0.717) is 5.69 Å². The van der Waals surface area contributed by atoms with Crippen molar-refractivity contribution in [1.29, 1.82) is 0 Å². The maximum atomic E-state index is 14.5. The van der Waals surface area contributed by atoms with Gasteiger partial charge in [0.1, 0.15) is 12.6 Å². The lowest BCUT2D eigenvalue weighted by Gasteiger charge is -2.34. The molecule has 0 saturated carbocycles. The number of rotatable bonds is 13. The fraction of sp³-hybridized carbons (Fsp3) is 0.278. The predicted molar refractivity (Wildman–Crippen MR) is 183 cm³/mol. The number of amides is 2. The third-order valence-corrected chi connectivity index (χ3v) is 9.74. The first-order valence-electron chi connectivity index (χ1n) is 15.0. The van der Waals surface area contributed by atoms with Crippen molar-refractivity contribution in [2.75, 3.05) is 10.8 Å². The second-order valence-electron chi connectivity index (χ2n) is 11.6. The molecule has 0 aliphatic carbocycles. The summed E-state index contributed by atoms with van der Waals surface area (Å²) in [5.41, 5.74) is 3.10. The number of sulfonamides is 1. The first kappa shape index (κ1) is 33.9. The fourth-order valence-electron chi connectivity index (χ4n) is 5.00. The van der Waals surface area contributed by atoms with Gasteiger partial charge < -0.3 is 10.2 Å². The highest BCUT2D eigenvalue weighted by Gasteiger charge is 2.34. The van der Waals surface area contributed by atoms with E-state index in [-0.39, 0.29) is 35.7 Å². The van der Waals surface area contributed by atoms with Crippen molar-refractivity contribution < 1.29 is 18.0 Å². The monoisotopic (exact) mass is 689 g/mol. The Labute approximate surface area is 275 Å². The summed E-state index contributed by atoms with van der Waals surface area (Å²) in [6.45, 7) is 7.48. The molecule has 1 unspecified atom stereocenters. The molecule has 0 fully saturated rings. The van der Waals surface area contributed by atoms with Gasteiger partial charge >= 0.3 is 0 Å². The Morgan fingerprint density at radius 1 is 0.756 bits per heavy atom. The number of nitrogens with one attached hydrogen (secondary N) is 1. The molecular formula is C36H40BrN3O4S. The van der Waals surface area contributed by atoms with E-state index in [9.17, 15) is 18.0 Å². The smallest absolute Gasteiger partial charge is 0.264 e. The number of hydrogen-bond donors (Lipinski definition) is 1. The van der Waals surface area contributed by atoms with E-state index >= 15 is 0 Å². The van der Waals surface area contributed by atoms with Gasteiger partial charge in [0.05, 0.1) is 10.6 Å². The molecule has 0 saturated heterocycles. The molecule has 0 aromatic heterocycles. The molecule has 7 nitrogen and oxygen atoms in total. The highest BCUT2D eigenvalue weighted by Crippen LogP contribution is 2.27. The molecule has 4 rings (SSSR count). The molecule has 1 N–H and O–H groups in total. The minimum Gasteiger partial charge on any atom is -0.352 e. The molecule has 0 spiro atoms. The summed E-state index contributed by atoms with van der Waals surface area (Å²) in [5, 5.41) is 2.98. The number of carbonyl (C=O) groups excluding carboxylic acids is 2. The van der Waals surface area contributed by atoms with Crippen molar-refractivity contribution in [3.8, 4) is 0 Å². The van der Waals surface area contributed by atoms with Gasteiger partial charge in [0, 0.05) is 23.5 Å². The standard InChI is InChI=1S/C36H40BrN3O4S/c1-26(2)30-17-21-32(22-18-30)40(45(43,44)33-13-9-6-10-14-33)25-35(41)39(24-29-15-19-31(37)20-16-29)34(36(42)38-27(3)4)23-28-11-7-5-8-12-28/h5-22,26-27,34H,23-25H2,1-4H3,(H,38,42). The van der Waals surface area contributed by atoms with Crippen LogP contribution in [-0.4, -0.2) is 43.8 Å². The van der Waals surface area contributed by atoms with Crippen LogP contribution < -0.4 is 9.62 Å². The molecule has 45 heavy (non-hydrogen) atoms. The number of halogens is 1. The van der Waals surface area contributed by atoms with Gasteiger partial charge in [-0.2, -0.15) is 0 Å². The average molecular weight is 691 g/mol. The maximum Gasteiger partial charge on any atom is 0.264 e. The molecule has 0 heterocycles. The van der Waals surface area contributed by atoms with Gasteiger partial charge in [-0.05, 0) is 72.9 Å². The zero-order valence-corrected chi connectivity index (χ0v) is 28.5. The van der Waals surface area contributed by atoms with Crippen molar-refractivity contribution >= 4 is 43.5 Å². The zero-order valence-electron chi connectivity index (χ0n) is 26.1. The van der Waals surface area contributed by atoms with Crippen LogP contribution in [0, 0.1) is 0 Å². The van der Waals surface area contributed by atoms with Crippen LogP contribution >= 0.6 is 15.9 Å². The van der Waals surface area contributed by atoms with Crippen LogP contribution in [0.15, 0.2) is 119 Å². The van der Waals surface area contributed by atoms with Crippen molar-refractivity contribution in [3.63, 3.8) is 0 Å². The van der Waals surface area contributed by atoms with Crippen LogP contribution in [0.2, 0.25) is 0 Å². The molecule has 0 bridgehead atoms.